The zero-order chi connectivity index (χ0) is 19.2. The van der Waals surface area contributed by atoms with E-state index in [2.05, 4.69) is 11.6 Å². The first-order valence-electron chi connectivity index (χ1n) is 7.52. The minimum atomic E-state index is -4.50. The maximum Gasteiger partial charge on any atom is 0.332 e. The highest BCUT2D eigenvalue weighted by molar-refractivity contribution is 7.86. The molecule has 0 unspecified atom stereocenters. The molecular weight excluding hydrogens is 360 g/mol. The Morgan fingerprint density at radius 1 is 1.19 bits per heavy atom. The summed E-state index contributed by atoms with van der Waals surface area (Å²) in [5.41, 5.74) is -0.753. The number of hydrogen-bond acceptors (Lipinski definition) is 5. The van der Waals surface area contributed by atoms with Gasteiger partial charge in [-0.2, -0.15) is 8.42 Å². The summed E-state index contributed by atoms with van der Waals surface area (Å²) in [4.78, 5) is 29.0. The summed E-state index contributed by atoms with van der Waals surface area (Å²) in [5, 5.41) is 0. The van der Waals surface area contributed by atoms with E-state index in [1.54, 1.807) is 6.07 Å². The SMILES string of the molecule is C=CCn1c(=O)c2c(nc(-c3ccccc3S(=O)(=O)O)n2C)n(C)c1=O. The largest absolute Gasteiger partial charge is 0.332 e. The molecular formula is C16H16N4O5S. The number of rotatable bonds is 4. The molecule has 3 aromatic rings. The van der Waals surface area contributed by atoms with Gasteiger partial charge in [-0.25, -0.2) is 9.78 Å². The standard InChI is InChI=1S/C16H16N4O5S/c1-4-9-20-15(21)12-14(19(3)16(20)22)17-13(18(12)2)10-7-5-6-8-11(10)26(23,24)25/h4-8H,1,9H2,2-3H3,(H,23,24,25). The van der Waals surface area contributed by atoms with Crippen LogP contribution in [0.2, 0.25) is 0 Å². The van der Waals surface area contributed by atoms with Crippen molar-refractivity contribution in [2.75, 3.05) is 0 Å². The molecule has 1 N–H and O–H groups in total. The molecule has 1 aromatic carbocycles. The fraction of sp³-hybridized carbons (Fsp3) is 0.188. The minimum absolute atomic E-state index is 0.0313. The first kappa shape index (κ1) is 17.8. The van der Waals surface area contributed by atoms with Crippen LogP contribution in [0, 0.1) is 0 Å². The number of nitrogens with zero attached hydrogens (tertiary/aromatic N) is 4. The average molecular weight is 376 g/mol. The zero-order valence-electron chi connectivity index (χ0n) is 14.1. The summed E-state index contributed by atoms with van der Waals surface area (Å²) in [7, 11) is -1.49. The molecule has 0 spiro atoms. The highest BCUT2D eigenvalue weighted by Gasteiger charge is 2.23. The molecule has 0 saturated heterocycles. The Morgan fingerprint density at radius 2 is 1.85 bits per heavy atom. The maximum absolute atomic E-state index is 12.7. The third-order valence-corrected chi connectivity index (χ3v) is 4.99. The fourth-order valence-electron chi connectivity index (χ4n) is 2.85. The molecule has 2 heterocycles. The van der Waals surface area contributed by atoms with Gasteiger partial charge < -0.3 is 4.57 Å². The second-order valence-electron chi connectivity index (χ2n) is 5.68. The van der Waals surface area contributed by atoms with Crippen molar-refractivity contribution in [2.45, 2.75) is 11.4 Å². The van der Waals surface area contributed by atoms with Gasteiger partial charge in [0.15, 0.2) is 11.2 Å². The maximum atomic E-state index is 12.7. The second-order valence-corrected chi connectivity index (χ2v) is 7.07. The molecule has 0 atom stereocenters. The van der Waals surface area contributed by atoms with Crippen LogP contribution >= 0.6 is 0 Å². The molecule has 10 heteroatoms. The Bertz CT molecular complexity index is 1260. The van der Waals surface area contributed by atoms with Crippen molar-refractivity contribution in [3.63, 3.8) is 0 Å². The van der Waals surface area contributed by atoms with Crippen molar-refractivity contribution in [1.29, 1.82) is 0 Å². The van der Waals surface area contributed by atoms with Crippen molar-refractivity contribution >= 4 is 21.3 Å². The molecule has 3 rings (SSSR count). The van der Waals surface area contributed by atoms with Crippen LogP contribution in [0.5, 0.6) is 0 Å². The quantitative estimate of drug-likeness (QED) is 0.525. The van der Waals surface area contributed by atoms with Crippen molar-refractivity contribution in [3.8, 4) is 11.4 Å². The van der Waals surface area contributed by atoms with Crippen molar-refractivity contribution in [2.24, 2.45) is 14.1 Å². The summed E-state index contributed by atoms with van der Waals surface area (Å²) in [6, 6.07) is 5.74. The summed E-state index contributed by atoms with van der Waals surface area (Å²) in [5.74, 6) is 0.136. The molecule has 0 bridgehead atoms. The smallest absolute Gasteiger partial charge is 0.321 e. The lowest BCUT2D eigenvalue weighted by Gasteiger charge is -2.07. The fourth-order valence-corrected chi connectivity index (χ4v) is 3.54. The topological polar surface area (TPSA) is 116 Å². The van der Waals surface area contributed by atoms with Crippen LogP contribution in [0.25, 0.3) is 22.6 Å². The second kappa shape index (κ2) is 6.07. The molecule has 0 aliphatic heterocycles. The average Bonchev–Trinajstić information content (AvgIpc) is 2.93. The number of aryl methyl sites for hydroxylation is 2. The van der Waals surface area contributed by atoms with Gasteiger partial charge in [-0.15, -0.1) is 6.58 Å². The summed E-state index contributed by atoms with van der Waals surface area (Å²) < 4.78 is 36.4. The van der Waals surface area contributed by atoms with Gasteiger partial charge in [-0.05, 0) is 12.1 Å². The van der Waals surface area contributed by atoms with Crippen LogP contribution < -0.4 is 11.2 Å². The van der Waals surface area contributed by atoms with Gasteiger partial charge in [0.25, 0.3) is 15.7 Å². The van der Waals surface area contributed by atoms with E-state index in [0.29, 0.717) is 0 Å². The molecule has 0 amide bonds. The van der Waals surface area contributed by atoms with E-state index >= 15 is 0 Å². The van der Waals surface area contributed by atoms with Crippen LogP contribution in [0.3, 0.4) is 0 Å². The van der Waals surface area contributed by atoms with E-state index < -0.39 is 21.4 Å². The third kappa shape index (κ3) is 2.59. The Hall–Kier alpha value is -2.98. The van der Waals surface area contributed by atoms with E-state index in [4.69, 9.17) is 0 Å². The number of imidazole rings is 1. The van der Waals surface area contributed by atoms with Crippen molar-refractivity contribution < 1.29 is 13.0 Å². The van der Waals surface area contributed by atoms with Crippen LogP contribution in [-0.4, -0.2) is 31.7 Å². The summed E-state index contributed by atoms with van der Waals surface area (Å²) in [6.07, 6.45) is 1.43. The molecule has 0 aliphatic carbocycles. The van der Waals surface area contributed by atoms with E-state index in [-0.39, 0.29) is 34.0 Å². The Balaban J connectivity index is 2.47. The predicted molar refractivity (Wildman–Crippen MR) is 95.7 cm³/mol. The number of hydrogen-bond donors (Lipinski definition) is 1. The van der Waals surface area contributed by atoms with Gasteiger partial charge in [-0.3, -0.25) is 18.5 Å². The molecule has 0 radical (unpaired) electrons. The first-order chi connectivity index (χ1) is 12.2. The summed E-state index contributed by atoms with van der Waals surface area (Å²) >= 11 is 0. The molecule has 26 heavy (non-hydrogen) atoms. The van der Waals surface area contributed by atoms with Gasteiger partial charge >= 0.3 is 5.69 Å². The molecule has 0 aliphatic rings. The van der Waals surface area contributed by atoms with E-state index in [1.807, 2.05) is 0 Å². The summed E-state index contributed by atoms with van der Waals surface area (Å²) in [6.45, 7) is 3.57. The molecule has 9 nitrogen and oxygen atoms in total. The lowest BCUT2D eigenvalue weighted by Crippen LogP contribution is -2.39. The first-order valence-corrected chi connectivity index (χ1v) is 8.96. The van der Waals surface area contributed by atoms with E-state index in [0.717, 1.165) is 4.57 Å². The van der Waals surface area contributed by atoms with Gasteiger partial charge in [0, 0.05) is 26.2 Å². The van der Waals surface area contributed by atoms with Crippen molar-refractivity contribution in [3.05, 3.63) is 57.8 Å². The van der Waals surface area contributed by atoms with Crippen molar-refractivity contribution in [1.82, 2.24) is 18.7 Å². The molecule has 136 valence electrons. The lowest BCUT2D eigenvalue weighted by molar-refractivity contribution is 0.483. The Labute approximate surface area is 148 Å². The Kier molecular flexibility index (Phi) is 4.17. The highest BCUT2D eigenvalue weighted by atomic mass is 32.2. The molecule has 0 saturated carbocycles. The molecule has 0 fully saturated rings. The van der Waals surface area contributed by atoms with Crippen LogP contribution in [-0.2, 0) is 30.8 Å². The van der Waals surface area contributed by atoms with Gasteiger partial charge in [-0.1, -0.05) is 18.2 Å². The normalized spacial score (nSPS) is 11.8. The van der Waals surface area contributed by atoms with Gasteiger partial charge in [0.1, 0.15) is 10.7 Å². The number of aromatic nitrogens is 4. The minimum Gasteiger partial charge on any atom is -0.321 e. The van der Waals surface area contributed by atoms with Crippen LogP contribution in [0.4, 0.5) is 0 Å². The van der Waals surface area contributed by atoms with Gasteiger partial charge in [0.05, 0.1) is 0 Å². The lowest BCUT2D eigenvalue weighted by atomic mass is 10.2. The Morgan fingerprint density at radius 3 is 2.46 bits per heavy atom. The monoisotopic (exact) mass is 376 g/mol. The predicted octanol–water partition coefficient (Wildman–Crippen LogP) is 0.533. The highest BCUT2D eigenvalue weighted by Crippen LogP contribution is 2.27. The number of benzene rings is 1. The van der Waals surface area contributed by atoms with E-state index in [9.17, 15) is 22.6 Å². The third-order valence-electron chi connectivity index (χ3n) is 4.08. The zero-order valence-corrected chi connectivity index (χ0v) is 14.9. The van der Waals surface area contributed by atoms with Crippen LogP contribution in [0.15, 0.2) is 51.4 Å². The number of fused-ring (bicyclic) bond motifs is 1. The van der Waals surface area contributed by atoms with Crippen LogP contribution in [0.1, 0.15) is 0 Å². The van der Waals surface area contributed by atoms with Gasteiger partial charge in [0.2, 0.25) is 0 Å². The number of allylic oxidation sites excluding steroid dienone is 1. The van der Waals surface area contributed by atoms with E-state index in [1.165, 1.54) is 47.5 Å². The molecule has 2 aromatic heterocycles.